The lowest BCUT2D eigenvalue weighted by molar-refractivity contribution is 0.0692. The number of aryl methyl sites for hydroxylation is 1. The Morgan fingerprint density at radius 1 is 0.969 bits per heavy atom. The van der Waals surface area contributed by atoms with Crippen molar-refractivity contribution in [2.75, 3.05) is 14.2 Å². The Bertz CT molecular complexity index is 1320. The van der Waals surface area contributed by atoms with E-state index in [4.69, 9.17) is 19.1 Å². The number of carboxylic acid groups (broad SMARTS) is 1. The third-order valence-corrected chi connectivity index (χ3v) is 5.05. The molecule has 0 aliphatic rings. The highest BCUT2D eigenvalue weighted by Gasteiger charge is 2.17. The van der Waals surface area contributed by atoms with Crippen LogP contribution in [-0.4, -0.2) is 35.4 Å². The van der Waals surface area contributed by atoms with E-state index in [9.17, 15) is 9.18 Å². The lowest BCUT2D eigenvalue weighted by atomic mass is 9.97. The highest BCUT2D eigenvalue weighted by atomic mass is 19.1. The van der Waals surface area contributed by atoms with Crippen LogP contribution in [0.2, 0.25) is 0 Å². The lowest BCUT2D eigenvalue weighted by Gasteiger charge is -2.13. The minimum Gasteiger partial charge on any atom is -0.497 e. The molecule has 0 fully saturated rings. The molecule has 0 bridgehead atoms. The third-order valence-electron chi connectivity index (χ3n) is 5.05. The molecule has 3 aromatic carbocycles. The van der Waals surface area contributed by atoms with Crippen molar-refractivity contribution in [2.24, 2.45) is 0 Å². The highest BCUT2D eigenvalue weighted by molar-refractivity contribution is 5.88. The maximum absolute atomic E-state index is 14.0. The van der Waals surface area contributed by atoms with Gasteiger partial charge in [0.1, 0.15) is 17.3 Å². The molecule has 4 aromatic rings. The fraction of sp³-hybridized carbons (Fsp3) is 0.125. The van der Waals surface area contributed by atoms with E-state index in [-0.39, 0.29) is 11.7 Å². The number of methoxy groups -OCH3 is 2. The predicted octanol–water partition coefficient (Wildman–Crippen LogP) is 5.23. The summed E-state index contributed by atoms with van der Waals surface area (Å²) in [6, 6.07) is 14.9. The molecular weight excluding hydrogens is 415 g/mol. The Morgan fingerprint density at radius 3 is 2.41 bits per heavy atom. The molecule has 0 aliphatic carbocycles. The van der Waals surface area contributed by atoms with Crippen LogP contribution in [0.3, 0.4) is 0 Å². The Hall–Kier alpha value is -4.20. The summed E-state index contributed by atoms with van der Waals surface area (Å²) in [4.78, 5) is 15.3. The zero-order valence-corrected chi connectivity index (χ0v) is 17.5. The quantitative estimate of drug-likeness (QED) is 0.444. The van der Waals surface area contributed by atoms with Gasteiger partial charge in [0.05, 0.1) is 19.8 Å². The fourth-order valence-corrected chi connectivity index (χ4v) is 3.41. The fourth-order valence-electron chi connectivity index (χ4n) is 3.41. The molecule has 8 heteroatoms. The van der Waals surface area contributed by atoms with Crippen molar-refractivity contribution in [3.05, 3.63) is 71.5 Å². The van der Waals surface area contributed by atoms with Crippen LogP contribution < -0.4 is 9.47 Å². The van der Waals surface area contributed by atoms with Crippen LogP contribution in [0.1, 0.15) is 15.9 Å². The minimum atomic E-state index is -1.34. The van der Waals surface area contributed by atoms with E-state index in [0.29, 0.717) is 22.6 Å². The average Bonchev–Trinajstić information content (AvgIpc) is 3.28. The Kier molecular flexibility index (Phi) is 5.59. The molecule has 0 saturated carbocycles. The summed E-state index contributed by atoms with van der Waals surface area (Å²) in [6.45, 7) is 1.95. The first-order chi connectivity index (χ1) is 15.4. The summed E-state index contributed by atoms with van der Waals surface area (Å²) in [7, 11) is 3.22. The maximum atomic E-state index is 14.0. The minimum absolute atomic E-state index is 0.159. The number of rotatable bonds is 6. The van der Waals surface area contributed by atoms with Crippen LogP contribution in [0.5, 0.6) is 11.5 Å². The van der Waals surface area contributed by atoms with E-state index >= 15 is 0 Å². The third kappa shape index (κ3) is 3.90. The van der Waals surface area contributed by atoms with Crippen molar-refractivity contribution < 1.29 is 28.3 Å². The summed E-state index contributed by atoms with van der Waals surface area (Å²) >= 11 is 0. The molecule has 0 unspecified atom stereocenters. The molecule has 1 N–H and O–H groups in total. The molecule has 0 atom stereocenters. The zero-order valence-electron chi connectivity index (χ0n) is 17.5. The van der Waals surface area contributed by atoms with Crippen molar-refractivity contribution in [1.82, 2.24) is 10.1 Å². The van der Waals surface area contributed by atoms with Gasteiger partial charge in [-0.1, -0.05) is 11.2 Å². The molecule has 0 saturated heterocycles. The number of aromatic nitrogens is 2. The second-order valence-corrected chi connectivity index (χ2v) is 7.02. The Labute approximate surface area is 183 Å². The highest BCUT2D eigenvalue weighted by Crippen LogP contribution is 2.36. The van der Waals surface area contributed by atoms with E-state index in [1.54, 1.807) is 14.2 Å². The van der Waals surface area contributed by atoms with Crippen LogP contribution in [0.15, 0.2) is 59.1 Å². The number of carboxylic acids is 1. The molecule has 7 nitrogen and oxygen atoms in total. The molecule has 32 heavy (non-hydrogen) atoms. The Balaban J connectivity index is 1.67. The van der Waals surface area contributed by atoms with Crippen LogP contribution in [-0.2, 0) is 0 Å². The number of ether oxygens (including phenoxy) is 2. The molecule has 162 valence electrons. The molecular formula is C24H19FN2O5. The summed E-state index contributed by atoms with van der Waals surface area (Å²) in [5, 5.41) is 12.9. The second kappa shape index (κ2) is 8.50. The van der Waals surface area contributed by atoms with E-state index in [0.717, 1.165) is 22.8 Å². The normalized spacial score (nSPS) is 10.8. The number of aromatic carboxylic acids is 1. The van der Waals surface area contributed by atoms with Gasteiger partial charge in [0.15, 0.2) is 0 Å². The first-order valence-corrected chi connectivity index (χ1v) is 9.61. The van der Waals surface area contributed by atoms with Gasteiger partial charge in [-0.15, -0.1) is 0 Å². The van der Waals surface area contributed by atoms with Gasteiger partial charge < -0.3 is 19.1 Å². The molecule has 1 heterocycles. The smallest absolute Gasteiger partial charge is 0.338 e. The molecule has 1 aromatic heterocycles. The van der Waals surface area contributed by atoms with Crippen LogP contribution in [0.25, 0.3) is 34.0 Å². The number of benzene rings is 3. The van der Waals surface area contributed by atoms with Crippen molar-refractivity contribution >= 4 is 5.97 Å². The van der Waals surface area contributed by atoms with Crippen molar-refractivity contribution in [3.63, 3.8) is 0 Å². The maximum Gasteiger partial charge on any atom is 0.338 e. The van der Waals surface area contributed by atoms with Crippen molar-refractivity contribution in [1.29, 1.82) is 0 Å². The number of hydrogen-bond donors (Lipinski definition) is 1. The van der Waals surface area contributed by atoms with Crippen molar-refractivity contribution in [3.8, 4) is 45.5 Å². The number of nitrogens with zero attached hydrogens (tertiary/aromatic N) is 2. The molecule has 0 radical (unpaired) electrons. The first-order valence-electron chi connectivity index (χ1n) is 9.61. The van der Waals surface area contributed by atoms with Crippen LogP contribution in [0, 0.1) is 12.7 Å². The number of carbonyl (C=O) groups is 1. The number of halogens is 1. The van der Waals surface area contributed by atoms with Crippen LogP contribution >= 0.6 is 0 Å². The van der Waals surface area contributed by atoms with Gasteiger partial charge in [0, 0.05) is 16.7 Å². The van der Waals surface area contributed by atoms with Gasteiger partial charge in [-0.2, -0.15) is 4.98 Å². The molecule has 0 spiro atoms. The van der Waals surface area contributed by atoms with Gasteiger partial charge in [0.2, 0.25) is 5.82 Å². The molecule has 0 amide bonds. The monoisotopic (exact) mass is 434 g/mol. The van der Waals surface area contributed by atoms with Gasteiger partial charge in [-0.05, 0) is 66.6 Å². The summed E-state index contributed by atoms with van der Waals surface area (Å²) < 4.78 is 30.2. The second-order valence-electron chi connectivity index (χ2n) is 7.02. The zero-order chi connectivity index (χ0) is 22.8. The van der Waals surface area contributed by atoms with Gasteiger partial charge in [-0.25, -0.2) is 9.18 Å². The Morgan fingerprint density at radius 2 is 1.75 bits per heavy atom. The van der Waals surface area contributed by atoms with Gasteiger partial charge >= 0.3 is 5.97 Å². The van der Waals surface area contributed by atoms with Crippen LogP contribution in [0.4, 0.5) is 4.39 Å². The summed E-state index contributed by atoms with van der Waals surface area (Å²) in [5.74, 6) is -0.359. The van der Waals surface area contributed by atoms with Gasteiger partial charge in [0.25, 0.3) is 5.89 Å². The van der Waals surface area contributed by atoms with Crippen molar-refractivity contribution in [2.45, 2.75) is 6.92 Å². The largest absolute Gasteiger partial charge is 0.497 e. The lowest BCUT2D eigenvalue weighted by Crippen LogP contribution is -2.00. The van der Waals surface area contributed by atoms with E-state index in [2.05, 4.69) is 10.1 Å². The van der Waals surface area contributed by atoms with E-state index in [1.807, 2.05) is 43.3 Å². The number of hydrogen-bond acceptors (Lipinski definition) is 6. The van der Waals surface area contributed by atoms with Gasteiger partial charge in [-0.3, -0.25) is 0 Å². The summed E-state index contributed by atoms with van der Waals surface area (Å²) in [6.07, 6.45) is 0. The van der Waals surface area contributed by atoms with E-state index in [1.165, 1.54) is 12.1 Å². The SMILES string of the molecule is COc1ccc(OC)c(-c2ccc(-c3nc(-c4ccc(C(=O)O)c(F)c4)no3)cc2C)c1. The topological polar surface area (TPSA) is 94.7 Å². The molecule has 4 rings (SSSR count). The first kappa shape index (κ1) is 21.0. The predicted molar refractivity (Wildman–Crippen MR) is 115 cm³/mol. The standard InChI is InChI=1S/C24H19FN2O5/c1-13-10-15(5-7-17(13)19-12-16(30-2)6-9-21(19)31-3)23-26-22(27-32-23)14-4-8-18(24(28)29)20(25)11-14/h4-12H,1-3H3,(H,28,29). The van der Waals surface area contributed by atoms with E-state index < -0.39 is 17.3 Å². The molecule has 0 aliphatic heterocycles. The summed E-state index contributed by atoms with van der Waals surface area (Å²) in [5.41, 5.74) is 3.38. The average molecular weight is 434 g/mol.